The van der Waals surface area contributed by atoms with Crippen LogP contribution < -0.4 is 0 Å². The second-order valence-corrected chi connectivity index (χ2v) is 7.30. The molecule has 0 atom stereocenters. The Morgan fingerprint density at radius 3 is 1.17 bits per heavy atom. The van der Waals surface area contributed by atoms with Crippen molar-refractivity contribution >= 4 is 10.1 Å². The third-order valence-corrected chi connectivity index (χ3v) is 5.29. The van der Waals surface area contributed by atoms with Crippen molar-refractivity contribution in [1.82, 2.24) is 0 Å². The SMILES string of the molecule is O=S(=O)(O)C1CCCCCCCCCCCCC1. The Balaban J connectivity index is 2.39. The molecule has 0 unspecified atom stereocenters. The van der Waals surface area contributed by atoms with Gasteiger partial charge in [-0.25, -0.2) is 0 Å². The summed E-state index contributed by atoms with van der Waals surface area (Å²) in [5.41, 5.74) is 0. The predicted molar refractivity (Wildman–Crippen MR) is 75.4 cm³/mol. The highest BCUT2D eigenvalue weighted by Crippen LogP contribution is 2.20. The number of rotatable bonds is 1. The minimum absolute atomic E-state index is 0.513. The van der Waals surface area contributed by atoms with Crippen LogP contribution in [0.3, 0.4) is 0 Å². The largest absolute Gasteiger partial charge is 0.285 e. The molecule has 1 N–H and O–H groups in total. The Hall–Kier alpha value is -0.0900. The molecular weight excluding hydrogens is 248 g/mol. The molecule has 108 valence electrons. The number of hydrogen-bond donors (Lipinski definition) is 1. The first-order valence-electron chi connectivity index (χ1n) is 7.57. The maximum atomic E-state index is 11.3. The summed E-state index contributed by atoms with van der Waals surface area (Å²) >= 11 is 0. The zero-order valence-electron chi connectivity index (χ0n) is 11.4. The Morgan fingerprint density at radius 2 is 0.889 bits per heavy atom. The molecule has 4 heteroatoms. The summed E-state index contributed by atoms with van der Waals surface area (Å²) in [5, 5.41) is -0.513. The first kappa shape index (κ1) is 16.0. The van der Waals surface area contributed by atoms with Gasteiger partial charge >= 0.3 is 0 Å². The van der Waals surface area contributed by atoms with Gasteiger partial charge in [-0.05, 0) is 12.8 Å². The van der Waals surface area contributed by atoms with Crippen molar-refractivity contribution in [2.24, 2.45) is 0 Å². The quantitative estimate of drug-likeness (QED) is 0.725. The van der Waals surface area contributed by atoms with Gasteiger partial charge in [0, 0.05) is 0 Å². The fourth-order valence-corrected chi connectivity index (χ4v) is 3.71. The molecule has 0 aromatic heterocycles. The van der Waals surface area contributed by atoms with Crippen molar-refractivity contribution in [3.8, 4) is 0 Å². The smallest absolute Gasteiger partial charge is 0.267 e. The average Bonchev–Trinajstić information content (AvgIpc) is 2.30. The number of hydrogen-bond acceptors (Lipinski definition) is 2. The Labute approximate surface area is 112 Å². The van der Waals surface area contributed by atoms with Crippen LogP contribution in [-0.2, 0) is 10.1 Å². The third-order valence-electron chi connectivity index (χ3n) is 3.97. The van der Waals surface area contributed by atoms with E-state index in [1.807, 2.05) is 0 Å². The minimum atomic E-state index is -3.83. The predicted octanol–water partition coefficient (Wildman–Crippen LogP) is 4.33. The minimum Gasteiger partial charge on any atom is -0.285 e. The van der Waals surface area contributed by atoms with Crippen LogP contribution in [-0.4, -0.2) is 18.2 Å². The molecule has 18 heavy (non-hydrogen) atoms. The van der Waals surface area contributed by atoms with Gasteiger partial charge in [-0.3, -0.25) is 4.55 Å². The van der Waals surface area contributed by atoms with Gasteiger partial charge in [-0.2, -0.15) is 8.42 Å². The molecule has 1 saturated carbocycles. The lowest BCUT2D eigenvalue weighted by Crippen LogP contribution is -2.20. The summed E-state index contributed by atoms with van der Waals surface area (Å²) in [7, 11) is -3.83. The molecule has 3 nitrogen and oxygen atoms in total. The molecule has 0 aromatic carbocycles. The molecular formula is C14H28O3S. The van der Waals surface area contributed by atoms with Gasteiger partial charge in [0.05, 0.1) is 5.25 Å². The Morgan fingerprint density at radius 1 is 0.611 bits per heavy atom. The van der Waals surface area contributed by atoms with E-state index in [1.165, 1.54) is 44.9 Å². The third kappa shape index (κ3) is 7.37. The van der Waals surface area contributed by atoms with Gasteiger partial charge in [-0.1, -0.05) is 70.6 Å². The summed E-state index contributed by atoms with van der Waals surface area (Å²) in [5.74, 6) is 0. The molecule has 0 aromatic rings. The molecule has 1 aliphatic rings. The average molecular weight is 276 g/mol. The van der Waals surface area contributed by atoms with Crippen LogP contribution in [0.25, 0.3) is 0 Å². The van der Waals surface area contributed by atoms with Crippen LogP contribution in [0.2, 0.25) is 0 Å². The van der Waals surface area contributed by atoms with Crippen LogP contribution >= 0.6 is 0 Å². The lowest BCUT2D eigenvalue weighted by atomic mass is 10.0. The molecule has 1 rings (SSSR count). The Bertz CT molecular complexity index is 284. The normalized spacial score (nSPS) is 23.4. The summed E-state index contributed by atoms with van der Waals surface area (Å²) in [6.07, 6.45) is 14.3. The van der Waals surface area contributed by atoms with Crippen LogP contribution in [0.15, 0.2) is 0 Å². The van der Waals surface area contributed by atoms with E-state index in [2.05, 4.69) is 0 Å². The fourth-order valence-electron chi connectivity index (χ4n) is 2.78. The highest BCUT2D eigenvalue weighted by atomic mass is 32.2. The summed E-state index contributed by atoms with van der Waals surface area (Å²) in [6, 6.07) is 0. The summed E-state index contributed by atoms with van der Waals surface area (Å²) in [4.78, 5) is 0. The van der Waals surface area contributed by atoms with Gasteiger partial charge in [0.15, 0.2) is 0 Å². The van der Waals surface area contributed by atoms with Crippen LogP contribution in [0, 0.1) is 0 Å². The zero-order chi connectivity index (χ0) is 13.3. The lowest BCUT2D eigenvalue weighted by molar-refractivity contribution is 0.439. The van der Waals surface area contributed by atoms with Gasteiger partial charge in [0.25, 0.3) is 10.1 Å². The van der Waals surface area contributed by atoms with Crippen molar-refractivity contribution in [1.29, 1.82) is 0 Å². The van der Waals surface area contributed by atoms with Crippen molar-refractivity contribution in [2.75, 3.05) is 0 Å². The van der Waals surface area contributed by atoms with Gasteiger partial charge in [0.1, 0.15) is 0 Å². The first-order chi connectivity index (χ1) is 8.61. The van der Waals surface area contributed by atoms with E-state index < -0.39 is 15.4 Å². The van der Waals surface area contributed by atoms with E-state index in [4.69, 9.17) is 0 Å². The molecule has 1 fully saturated rings. The molecule has 0 amide bonds. The molecule has 0 radical (unpaired) electrons. The summed E-state index contributed by atoms with van der Waals surface area (Å²) < 4.78 is 31.8. The van der Waals surface area contributed by atoms with E-state index in [0.717, 1.165) is 25.7 Å². The monoisotopic (exact) mass is 276 g/mol. The molecule has 1 aliphatic carbocycles. The maximum Gasteiger partial charge on any atom is 0.267 e. The summed E-state index contributed by atoms with van der Waals surface area (Å²) in [6.45, 7) is 0. The maximum absolute atomic E-state index is 11.3. The topological polar surface area (TPSA) is 54.4 Å². The molecule has 0 saturated heterocycles. The van der Waals surface area contributed by atoms with E-state index in [1.54, 1.807) is 0 Å². The highest BCUT2D eigenvalue weighted by molar-refractivity contribution is 7.86. The van der Waals surface area contributed by atoms with E-state index in [0.29, 0.717) is 12.8 Å². The zero-order valence-corrected chi connectivity index (χ0v) is 12.3. The highest BCUT2D eigenvalue weighted by Gasteiger charge is 2.21. The van der Waals surface area contributed by atoms with Gasteiger partial charge in [0.2, 0.25) is 0 Å². The Kier molecular flexibility index (Phi) is 7.91. The molecule has 0 heterocycles. The van der Waals surface area contributed by atoms with Crippen molar-refractivity contribution in [2.45, 2.75) is 88.7 Å². The molecule has 0 bridgehead atoms. The van der Waals surface area contributed by atoms with E-state index in [9.17, 15) is 13.0 Å². The van der Waals surface area contributed by atoms with Crippen LogP contribution in [0.4, 0.5) is 0 Å². The van der Waals surface area contributed by atoms with Crippen molar-refractivity contribution in [3.63, 3.8) is 0 Å². The fraction of sp³-hybridized carbons (Fsp3) is 1.00. The van der Waals surface area contributed by atoms with Gasteiger partial charge in [-0.15, -0.1) is 0 Å². The van der Waals surface area contributed by atoms with E-state index in [-0.39, 0.29) is 0 Å². The van der Waals surface area contributed by atoms with Crippen molar-refractivity contribution < 1.29 is 13.0 Å². The van der Waals surface area contributed by atoms with E-state index >= 15 is 0 Å². The van der Waals surface area contributed by atoms with Crippen LogP contribution in [0.1, 0.15) is 83.5 Å². The van der Waals surface area contributed by atoms with Crippen LogP contribution in [0.5, 0.6) is 0 Å². The second kappa shape index (κ2) is 8.92. The first-order valence-corrected chi connectivity index (χ1v) is 9.07. The van der Waals surface area contributed by atoms with Crippen molar-refractivity contribution in [3.05, 3.63) is 0 Å². The molecule has 0 spiro atoms. The lowest BCUT2D eigenvalue weighted by Gasteiger charge is -2.14. The van der Waals surface area contributed by atoms with Gasteiger partial charge < -0.3 is 0 Å². The second-order valence-electron chi connectivity index (χ2n) is 5.60. The molecule has 0 aliphatic heterocycles. The standard InChI is InChI=1S/C14H28O3S/c15-18(16,17)14-12-10-8-6-4-2-1-3-5-7-9-11-13-14/h14H,1-13H2,(H,15,16,17).